The molecule has 0 amide bonds. The lowest BCUT2D eigenvalue weighted by atomic mass is 9.96. The summed E-state index contributed by atoms with van der Waals surface area (Å²) in [4.78, 5) is 0. The highest BCUT2D eigenvalue weighted by Gasteiger charge is 2.23. The Morgan fingerprint density at radius 3 is 2.78 bits per heavy atom. The molecule has 1 aliphatic heterocycles. The summed E-state index contributed by atoms with van der Waals surface area (Å²) in [5.74, 6) is 0.910. The van der Waals surface area contributed by atoms with Gasteiger partial charge in [0.25, 0.3) is 0 Å². The fourth-order valence-corrected chi connectivity index (χ4v) is 4.81. The van der Waals surface area contributed by atoms with Crippen molar-refractivity contribution < 1.29 is 4.74 Å². The van der Waals surface area contributed by atoms with Crippen LogP contribution in [0.1, 0.15) is 12.0 Å². The van der Waals surface area contributed by atoms with E-state index in [0.717, 1.165) is 18.7 Å². The zero-order valence-electron chi connectivity index (χ0n) is 12.9. The summed E-state index contributed by atoms with van der Waals surface area (Å²) in [6.45, 7) is 1.10. The number of hydrogen-bond acceptors (Lipinski definition) is 1. The Labute approximate surface area is 142 Å². The summed E-state index contributed by atoms with van der Waals surface area (Å²) in [5, 5.41) is 5.26. The van der Waals surface area contributed by atoms with Crippen molar-refractivity contribution in [2.45, 2.75) is 19.4 Å². The van der Waals surface area contributed by atoms with E-state index in [1.165, 1.54) is 49.0 Å². The van der Waals surface area contributed by atoms with E-state index in [0.29, 0.717) is 0 Å². The maximum atomic E-state index is 5.48. The van der Waals surface area contributed by atoms with Gasteiger partial charge in [0.05, 0.1) is 12.6 Å². The van der Waals surface area contributed by atoms with Gasteiger partial charge in [0.2, 0.25) is 0 Å². The highest BCUT2D eigenvalue weighted by Crippen LogP contribution is 2.44. The largest absolute Gasteiger partial charge is 0.497 e. The molecule has 2 heterocycles. The van der Waals surface area contributed by atoms with Crippen LogP contribution in [-0.4, -0.2) is 11.7 Å². The van der Waals surface area contributed by atoms with Gasteiger partial charge in [0.1, 0.15) is 5.75 Å². The molecule has 1 aliphatic rings. The first kappa shape index (κ1) is 13.4. The Morgan fingerprint density at radius 2 is 1.91 bits per heavy atom. The Bertz CT molecular complexity index is 1090. The summed E-state index contributed by atoms with van der Waals surface area (Å²) >= 11 is 3.88. The van der Waals surface area contributed by atoms with Crippen molar-refractivity contribution in [1.82, 2.24) is 4.57 Å². The molecule has 114 valence electrons. The second kappa shape index (κ2) is 4.75. The smallest absolute Gasteiger partial charge is 0.119 e. The quantitative estimate of drug-likeness (QED) is 0.424. The first-order valence-corrected chi connectivity index (χ1v) is 8.78. The molecule has 0 N–H and O–H groups in total. The lowest BCUT2D eigenvalue weighted by Gasteiger charge is -2.19. The maximum Gasteiger partial charge on any atom is 0.119 e. The molecule has 0 bridgehead atoms. The standard InChI is InChI=1S/C20H16BrNO/c1-23-12-8-9-13-16(11-12)18-14-5-2-3-7-17(14)22-10-4-6-15(19(13)21)20(18)22/h2-3,5,7-9,11H,4,6,10H2,1H3. The van der Waals surface area contributed by atoms with E-state index in [1.54, 1.807) is 7.11 Å². The van der Waals surface area contributed by atoms with Crippen LogP contribution in [0, 0.1) is 0 Å². The van der Waals surface area contributed by atoms with Crippen LogP contribution in [0.2, 0.25) is 0 Å². The molecule has 0 saturated heterocycles. The van der Waals surface area contributed by atoms with Crippen molar-refractivity contribution >= 4 is 48.5 Å². The summed E-state index contributed by atoms with van der Waals surface area (Å²) in [6.07, 6.45) is 2.33. The molecular formula is C20H16BrNO. The van der Waals surface area contributed by atoms with E-state index in [9.17, 15) is 0 Å². The third kappa shape index (κ3) is 1.69. The van der Waals surface area contributed by atoms with E-state index < -0.39 is 0 Å². The van der Waals surface area contributed by atoms with Crippen LogP contribution in [0.3, 0.4) is 0 Å². The third-order valence-corrected chi connectivity index (χ3v) is 5.97. The van der Waals surface area contributed by atoms with Gasteiger partial charge in [-0.05, 0) is 69.4 Å². The first-order chi connectivity index (χ1) is 11.3. The summed E-state index contributed by atoms with van der Waals surface area (Å²) in [5.41, 5.74) is 4.18. The molecule has 0 aliphatic carbocycles. The number of aryl methyl sites for hydroxylation is 2. The molecule has 5 rings (SSSR count). The fourth-order valence-electron chi connectivity index (χ4n) is 4.08. The maximum absolute atomic E-state index is 5.48. The van der Waals surface area contributed by atoms with Gasteiger partial charge >= 0.3 is 0 Å². The van der Waals surface area contributed by atoms with Crippen LogP contribution < -0.4 is 4.74 Å². The molecule has 0 radical (unpaired) electrons. The lowest BCUT2D eigenvalue weighted by molar-refractivity contribution is 0.415. The molecule has 2 nitrogen and oxygen atoms in total. The zero-order chi connectivity index (χ0) is 15.6. The Kier molecular flexibility index (Phi) is 2.77. The average molecular weight is 366 g/mol. The predicted octanol–water partition coefficient (Wildman–Crippen LogP) is 5.67. The van der Waals surface area contributed by atoms with Gasteiger partial charge in [-0.15, -0.1) is 0 Å². The number of benzene rings is 3. The number of rotatable bonds is 1. The molecule has 23 heavy (non-hydrogen) atoms. The monoisotopic (exact) mass is 365 g/mol. The Morgan fingerprint density at radius 1 is 1.04 bits per heavy atom. The van der Waals surface area contributed by atoms with Crippen molar-refractivity contribution in [2.24, 2.45) is 0 Å². The van der Waals surface area contributed by atoms with Gasteiger partial charge in [-0.3, -0.25) is 0 Å². The van der Waals surface area contributed by atoms with Crippen LogP contribution in [-0.2, 0) is 13.0 Å². The van der Waals surface area contributed by atoms with Crippen LogP contribution in [0.15, 0.2) is 46.9 Å². The second-order valence-electron chi connectivity index (χ2n) is 6.20. The fraction of sp³-hybridized carbons (Fsp3) is 0.200. The minimum Gasteiger partial charge on any atom is -0.497 e. The highest BCUT2D eigenvalue weighted by atomic mass is 79.9. The normalized spacial score (nSPS) is 14.0. The van der Waals surface area contributed by atoms with Crippen molar-refractivity contribution in [3.63, 3.8) is 0 Å². The number of nitrogens with zero attached hydrogens (tertiary/aromatic N) is 1. The molecule has 0 spiro atoms. The number of hydrogen-bond donors (Lipinski definition) is 0. The number of fused-ring (bicyclic) bond motifs is 5. The van der Waals surface area contributed by atoms with Crippen molar-refractivity contribution in [3.05, 3.63) is 52.5 Å². The van der Waals surface area contributed by atoms with Gasteiger partial charge in [0, 0.05) is 27.3 Å². The van der Waals surface area contributed by atoms with E-state index in [1.807, 2.05) is 6.07 Å². The van der Waals surface area contributed by atoms with Crippen LogP contribution in [0.4, 0.5) is 0 Å². The number of para-hydroxylation sites is 1. The molecule has 3 aromatic carbocycles. The third-order valence-electron chi connectivity index (χ3n) is 5.06. The first-order valence-electron chi connectivity index (χ1n) is 7.98. The van der Waals surface area contributed by atoms with Crippen LogP contribution >= 0.6 is 15.9 Å². The Hall–Kier alpha value is -2.00. The van der Waals surface area contributed by atoms with Crippen molar-refractivity contribution in [3.8, 4) is 5.75 Å². The molecule has 0 atom stereocenters. The molecule has 3 heteroatoms. The van der Waals surface area contributed by atoms with Crippen molar-refractivity contribution in [2.75, 3.05) is 7.11 Å². The highest BCUT2D eigenvalue weighted by molar-refractivity contribution is 9.10. The predicted molar refractivity (Wildman–Crippen MR) is 99.5 cm³/mol. The minimum atomic E-state index is 0.910. The van der Waals surface area contributed by atoms with E-state index in [2.05, 4.69) is 56.9 Å². The van der Waals surface area contributed by atoms with Gasteiger partial charge in [-0.1, -0.05) is 18.2 Å². The lowest BCUT2D eigenvalue weighted by Crippen LogP contribution is -2.08. The molecule has 4 aromatic rings. The molecule has 0 saturated carbocycles. The van der Waals surface area contributed by atoms with Gasteiger partial charge in [0.15, 0.2) is 0 Å². The average Bonchev–Trinajstić information content (AvgIpc) is 2.95. The topological polar surface area (TPSA) is 14.2 Å². The SMILES string of the molecule is COc1ccc2c(Br)c3c4c(c2c1)c1ccccc1n4CCC3. The van der Waals surface area contributed by atoms with E-state index in [4.69, 9.17) is 4.74 Å². The molecule has 1 aromatic heterocycles. The van der Waals surface area contributed by atoms with E-state index in [-0.39, 0.29) is 0 Å². The number of methoxy groups -OCH3 is 1. The van der Waals surface area contributed by atoms with Gasteiger partial charge in [-0.25, -0.2) is 0 Å². The molecule has 0 fully saturated rings. The van der Waals surface area contributed by atoms with Gasteiger partial charge in [-0.2, -0.15) is 0 Å². The number of ether oxygens (including phenoxy) is 1. The second-order valence-corrected chi connectivity index (χ2v) is 6.99. The summed E-state index contributed by atoms with van der Waals surface area (Å²) in [6, 6.07) is 15.2. The van der Waals surface area contributed by atoms with Crippen molar-refractivity contribution in [1.29, 1.82) is 0 Å². The summed E-state index contributed by atoms with van der Waals surface area (Å²) in [7, 11) is 1.73. The summed E-state index contributed by atoms with van der Waals surface area (Å²) < 4.78 is 9.21. The Balaban J connectivity index is 2.14. The number of halogens is 1. The van der Waals surface area contributed by atoms with Gasteiger partial charge < -0.3 is 9.30 Å². The van der Waals surface area contributed by atoms with E-state index >= 15 is 0 Å². The zero-order valence-corrected chi connectivity index (χ0v) is 14.5. The number of aromatic nitrogens is 1. The van der Waals surface area contributed by atoms with Crippen LogP contribution in [0.25, 0.3) is 32.6 Å². The molecule has 0 unspecified atom stereocenters. The van der Waals surface area contributed by atoms with Crippen LogP contribution in [0.5, 0.6) is 5.75 Å². The minimum absolute atomic E-state index is 0.910. The molecular weight excluding hydrogens is 350 g/mol.